The number of likely N-dealkylation sites (tertiary alicyclic amines) is 1. The van der Waals surface area contributed by atoms with Crippen molar-refractivity contribution in [3.8, 4) is 0 Å². The van der Waals surface area contributed by atoms with Crippen molar-refractivity contribution in [3.63, 3.8) is 0 Å². The van der Waals surface area contributed by atoms with Gasteiger partial charge in [-0.3, -0.25) is 4.79 Å². The minimum absolute atomic E-state index is 0.00551. The first kappa shape index (κ1) is 19.2. The molecular weight excluding hydrogens is 318 g/mol. The monoisotopic (exact) mass is 347 g/mol. The maximum atomic E-state index is 12.6. The largest absolute Gasteiger partial charge is 0.383 e. The van der Waals surface area contributed by atoms with E-state index in [1.807, 2.05) is 31.2 Å². The quantitative estimate of drug-likeness (QED) is 0.777. The Balaban J connectivity index is 1.93. The molecule has 1 heterocycles. The van der Waals surface area contributed by atoms with Crippen LogP contribution in [0.5, 0.6) is 0 Å². The van der Waals surface area contributed by atoms with Crippen molar-refractivity contribution in [2.75, 3.05) is 32.1 Å². The Labute approximate surface area is 149 Å². The van der Waals surface area contributed by atoms with Gasteiger partial charge in [0.25, 0.3) is 0 Å². The van der Waals surface area contributed by atoms with Gasteiger partial charge < -0.3 is 20.3 Å². The molecule has 3 amide bonds. The van der Waals surface area contributed by atoms with Gasteiger partial charge in [0.15, 0.2) is 0 Å². The van der Waals surface area contributed by atoms with Crippen LogP contribution >= 0.6 is 0 Å². The molecule has 6 heteroatoms. The van der Waals surface area contributed by atoms with E-state index in [-0.39, 0.29) is 23.9 Å². The van der Waals surface area contributed by atoms with E-state index < -0.39 is 0 Å². The molecule has 25 heavy (non-hydrogen) atoms. The summed E-state index contributed by atoms with van der Waals surface area (Å²) in [4.78, 5) is 26.6. The van der Waals surface area contributed by atoms with Crippen molar-refractivity contribution >= 4 is 17.6 Å². The predicted molar refractivity (Wildman–Crippen MR) is 98.6 cm³/mol. The molecule has 1 saturated heterocycles. The van der Waals surface area contributed by atoms with E-state index in [0.717, 1.165) is 24.9 Å². The summed E-state index contributed by atoms with van der Waals surface area (Å²) in [7, 11) is 1.60. The number of ether oxygens (including phenoxy) is 1. The van der Waals surface area contributed by atoms with Gasteiger partial charge in [-0.25, -0.2) is 4.79 Å². The van der Waals surface area contributed by atoms with Crippen molar-refractivity contribution in [2.45, 2.75) is 39.2 Å². The van der Waals surface area contributed by atoms with E-state index in [0.29, 0.717) is 19.7 Å². The lowest BCUT2D eigenvalue weighted by molar-refractivity contribution is -0.126. The van der Waals surface area contributed by atoms with Crippen molar-refractivity contribution in [3.05, 3.63) is 29.8 Å². The summed E-state index contributed by atoms with van der Waals surface area (Å²) in [5, 5.41) is 5.81. The molecule has 2 atom stereocenters. The Bertz CT molecular complexity index is 574. The van der Waals surface area contributed by atoms with Crippen LogP contribution in [-0.2, 0) is 16.0 Å². The SMILES string of the molecule is CCc1ccc(NC(=O)N2C[C@@H](C(=O)NCCOC)CC[C@H]2C)cc1. The molecule has 1 fully saturated rings. The third-order valence-electron chi connectivity index (χ3n) is 4.73. The molecule has 0 unspecified atom stereocenters. The molecule has 6 nitrogen and oxygen atoms in total. The number of nitrogens with one attached hydrogen (secondary N) is 2. The summed E-state index contributed by atoms with van der Waals surface area (Å²) >= 11 is 0. The van der Waals surface area contributed by atoms with Crippen LogP contribution in [0.25, 0.3) is 0 Å². The molecule has 2 N–H and O–H groups in total. The minimum Gasteiger partial charge on any atom is -0.383 e. The van der Waals surface area contributed by atoms with E-state index in [2.05, 4.69) is 17.6 Å². The second-order valence-electron chi connectivity index (χ2n) is 6.54. The lowest BCUT2D eigenvalue weighted by atomic mass is 9.93. The molecular formula is C19H29N3O3. The zero-order valence-corrected chi connectivity index (χ0v) is 15.4. The molecule has 1 aliphatic heterocycles. The Hall–Kier alpha value is -2.08. The van der Waals surface area contributed by atoms with E-state index in [4.69, 9.17) is 4.74 Å². The van der Waals surface area contributed by atoms with Gasteiger partial charge in [-0.15, -0.1) is 0 Å². The molecule has 0 spiro atoms. The Morgan fingerprint density at radius 2 is 1.96 bits per heavy atom. The summed E-state index contributed by atoms with van der Waals surface area (Å²) in [5.41, 5.74) is 2.01. The zero-order chi connectivity index (χ0) is 18.2. The first-order chi connectivity index (χ1) is 12.0. The van der Waals surface area contributed by atoms with Gasteiger partial charge in [-0.1, -0.05) is 19.1 Å². The maximum Gasteiger partial charge on any atom is 0.322 e. The first-order valence-corrected chi connectivity index (χ1v) is 8.98. The highest BCUT2D eigenvalue weighted by Crippen LogP contribution is 2.23. The molecule has 1 aromatic carbocycles. The van der Waals surface area contributed by atoms with Crippen LogP contribution in [0, 0.1) is 5.92 Å². The molecule has 0 radical (unpaired) electrons. The number of benzene rings is 1. The number of carbonyl (C=O) groups is 2. The van der Waals surface area contributed by atoms with Gasteiger partial charge in [0.1, 0.15) is 0 Å². The Kier molecular flexibility index (Phi) is 7.25. The van der Waals surface area contributed by atoms with E-state index >= 15 is 0 Å². The van der Waals surface area contributed by atoms with E-state index in [1.165, 1.54) is 5.56 Å². The summed E-state index contributed by atoms with van der Waals surface area (Å²) < 4.78 is 4.95. The molecule has 0 saturated carbocycles. The van der Waals surface area contributed by atoms with Gasteiger partial charge in [-0.2, -0.15) is 0 Å². The number of carbonyl (C=O) groups excluding carboxylic acids is 2. The highest BCUT2D eigenvalue weighted by atomic mass is 16.5. The number of piperidine rings is 1. The maximum absolute atomic E-state index is 12.6. The average Bonchev–Trinajstić information content (AvgIpc) is 2.62. The molecule has 2 rings (SSSR count). The second kappa shape index (κ2) is 9.42. The smallest absolute Gasteiger partial charge is 0.322 e. The molecule has 1 aliphatic rings. The number of hydrogen-bond donors (Lipinski definition) is 2. The number of amides is 3. The van der Waals surface area contributed by atoms with Crippen molar-refractivity contribution in [1.29, 1.82) is 0 Å². The summed E-state index contributed by atoms with van der Waals surface area (Å²) in [5.74, 6) is -0.171. The molecule has 1 aromatic rings. The first-order valence-electron chi connectivity index (χ1n) is 8.98. The highest BCUT2D eigenvalue weighted by Gasteiger charge is 2.32. The third kappa shape index (κ3) is 5.46. The molecule has 0 aliphatic carbocycles. The fourth-order valence-corrected chi connectivity index (χ4v) is 3.04. The molecule has 138 valence electrons. The van der Waals surface area contributed by atoms with Crippen LogP contribution in [0.15, 0.2) is 24.3 Å². The number of rotatable bonds is 6. The zero-order valence-electron chi connectivity index (χ0n) is 15.4. The van der Waals surface area contributed by atoms with Crippen molar-refractivity contribution in [1.82, 2.24) is 10.2 Å². The van der Waals surface area contributed by atoms with Crippen molar-refractivity contribution in [2.24, 2.45) is 5.92 Å². The van der Waals surface area contributed by atoms with E-state index in [1.54, 1.807) is 12.0 Å². The van der Waals surface area contributed by atoms with Crippen molar-refractivity contribution < 1.29 is 14.3 Å². The Morgan fingerprint density at radius 3 is 2.60 bits per heavy atom. The van der Waals surface area contributed by atoms with Crippen LogP contribution in [0.1, 0.15) is 32.3 Å². The fourth-order valence-electron chi connectivity index (χ4n) is 3.04. The van der Waals surface area contributed by atoms with Crippen LogP contribution in [-0.4, -0.2) is 49.7 Å². The topological polar surface area (TPSA) is 70.7 Å². The lowest BCUT2D eigenvalue weighted by Crippen LogP contribution is -2.51. The van der Waals surface area contributed by atoms with Crippen LogP contribution < -0.4 is 10.6 Å². The normalized spacial score (nSPS) is 20.2. The van der Waals surface area contributed by atoms with Gasteiger partial charge in [0.2, 0.25) is 5.91 Å². The number of nitrogens with zero attached hydrogens (tertiary/aromatic N) is 1. The average molecular weight is 347 g/mol. The predicted octanol–water partition coefficient (Wildman–Crippen LogP) is 2.64. The lowest BCUT2D eigenvalue weighted by Gasteiger charge is -2.37. The van der Waals surface area contributed by atoms with Gasteiger partial charge >= 0.3 is 6.03 Å². The van der Waals surface area contributed by atoms with Gasteiger partial charge in [0.05, 0.1) is 12.5 Å². The van der Waals surface area contributed by atoms with Crippen LogP contribution in [0.3, 0.4) is 0 Å². The number of urea groups is 1. The molecule has 0 bridgehead atoms. The standard InChI is InChI=1S/C19H29N3O3/c1-4-15-6-9-17(10-7-15)21-19(24)22-13-16(8-5-14(22)2)18(23)20-11-12-25-3/h6-7,9-10,14,16H,4-5,8,11-13H2,1-3H3,(H,20,23)(H,21,24)/t14-,16+/m1/s1. The van der Waals surface area contributed by atoms with Crippen LogP contribution in [0.2, 0.25) is 0 Å². The summed E-state index contributed by atoms with van der Waals surface area (Å²) in [6.07, 6.45) is 2.59. The van der Waals surface area contributed by atoms with Gasteiger partial charge in [0, 0.05) is 31.9 Å². The second-order valence-corrected chi connectivity index (χ2v) is 6.54. The van der Waals surface area contributed by atoms with E-state index in [9.17, 15) is 9.59 Å². The van der Waals surface area contributed by atoms with Crippen LogP contribution in [0.4, 0.5) is 10.5 Å². The number of hydrogen-bond acceptors (Lipinski definition) is 3. The highest BCUT2D eigenvalue weighted by molar-refractivity contribution is 5.90. The molecule has 0 aromatic heterocycles. The summed E-state index contributed by atoms with van der Waals surface area (Å²) in [6, 6.07) is 7.84. The number of aryl methyl sites for hydroxylation is 1. The number of anilines is 1. The fraction of sp³-hybridized carbons (Fsp3) is 0.579. The third-order valence-corrected chi connectivity index (χ3v) is 4.73. The minimum atomic E-state index is -0.165. The van der Waals surface area contributed by atoms with Gasteiger partial charge in [-0.05, 0) is 43.9 Å². The Morgan fingerprint density at radius 1 is 1.24 bits per heavy atom. The summed E-state index contributed by atoms with van der Waals surface area (Å²) in [6.45, 7) is 5.56. The number of methoxy groups -OCH3 is 1.